The van der Waals surface area contributed by atoms with Gasteiger partial charge in [0, 0.05) is 25.4 Å². The molecular formula is C13H12ClN3O3. The van der Waals surface area contributed by atoms with E-state index in [9.17, 15) is 4.79 Å². The summed E-state index contributed by atoms with van der Waals surface area (Å²) in [5, 5.41) is 7.08. The number of rotatable bonds is 2. The van der Waals surface area contributed by atoms with Crippen LogP contribution in [0.1, 0.15) is 10.4 Å². The first-order chi connectivity index (χ1) is 9.63. The molecule has 104 valence electrons. The number of halogens is 1. The van der Waals surface area contributed by atoms with E-state index >= 15 is 0 Å². The maximum Gasteiger partial charge on any atom is 0.258 e. The van der Waals surface area contributed by atoms with Gasteiger partial charge in [-0.15, -0.1) is 0 Å². The van der Waals surface area contributed by atoms with Crippen LogP contribution >= 0.6 is 11.6 Å². The average Bonchev–Trinajstić information content (AvgIpc) is 2.86. The number of amides is 1. The molecule has 0 fully saturated rings. The van der Waals surface area contributed by atoms with Gasteiger partial charge in [-0.2, -0.15) is 5.10 Å². The summed E-state index contributed by atoms with van der Waals surface area (Å²) in [7, 11) is 1.74. The van der Waals surface area contributed by atoms with Gasteiger partial charge in [-0.3, -0.25) is 9.48 Å². The monoisotopic (exact) mass is 293 g/mol. The third-order valence-corrected chi connectivity index (χ3v) is 3.16. The fourth-order valence-corrected chi connectivity index (χ4v) is 2.09. The Kier molecular flexibility index (Phi) is 3.23. The van der Waals surface area contributed by atoms with Crippen LogP contribution in [0.5, 0.6) is 11.5 Å². The van der Waals surface area contributed by atoms with E-state index in [-0.39, 0.29) is 5.91 Å². The highest BCUT2D eigenvalue weighted by molar-refractivity contribution is 6.34. The minimum Gasteiger partial charge on any atom is -0.486 e. The Hall–Kier alpha value is -2.21. The van der Waals surface area contributed by atoms with E-state index in [2.05, 4.69) is 10.4 Å². The van der Waals surface area contributed by atoms with Crippen LogP contribution in [-0.4, -0.2) is 28.9 Å². The Labute approximate surface area is 120 Å². The summed E-state index contributed by atoms with van der Waals surface area (Å²) in [4.78, 5) is 12.1. The van der Waals surface area contributed by atoms with Crippen LogP contribution in [0.25, 0.3) is 0 Å². The van der Waals surface area contributed by atoms with Crippen molar-refractivity contribution in [1.82, 2.24) is 9.78 Å². The van der Waals surface area contributed by atoms with Crippen LogP contribution in [0.2, 0.25) is 5.02 Å². The molecule has 0 atom stereocenters. The lowest BCUT2D eigenvalue weighted by Gasteiger charge is -2.19. The van der Waals surface area contributed by atoms with E-state index in [1.54, 1.807) is 30.1 Å². The lowest BCUT2D eigenvalue weighted by atomic mass is 10.2. The van der Waals surface area contributed by atoms with Crippen LogP contribution in [0.15, 0.2) is 24.5 Å². The topological polar surface area (TPSA) is 65.4 Å². The molecule has 0 unspecified atom stereocenters. The van der Waals surface area contributed by atoms with E-state index in [1.165, 1.54) is 6.20 Å². The molecule has 1 aromatic heterocycles. The van der Waals surface area contributed by atoms with Gasteiger partial charge in [0.25, 0.3) is 5.91 Å². The molecule has 6 nitrogen and oxygen atoms in total. The number of hydrogen-bond donors (Lipinski definition) is 1. The number of carbonyl (C=O) groups is 1. The Morgan fingerprint density at radius 1 is 1.35 bits per heavy atom. The molecular weight excluding hydrogens is 282 g/mol. The molecule has 0 saturated heterocycles. The van der Waals surface area contributed by atoms with Crippen LogP contribution in [-0.2, 0) is 7.05 Å². The molecule has 0 saturated carbocycles. The van der Waals surface area contributed by atoms with E-state index in [0.29, 0.717) is 41.0 Å². The first kappa shape index (κ1) is 12.8. The standard InChI is InChI=1S/C13H12ClN3O3/c1-17-7-8(6-15-17)13(18)16-10-5-12-11(4-9(10)14)19-2-3-20-12/h4-7H,2-3H2,1H3,(H,16,18). The largest absolute Gasteiger partial charge is 0.486 e. The van der Waals surface area contributed by atoms with Crippen molar-refractivity contribution in [3.63, 3.8) is 0 Å². The van der Waals surface area contributed by atoms with E-state index in [4.69, 9.17) is 21.1 Å². The first-order valence-corrected chi connectivity index (χ1v) is 6.40. The number of hydrogen-bond acceptors (Lipinski definition) is 4. The average molecular weight is 294 g/mol. The van der Waals surface area contributed by atoms with Crippen molar-refractivity contribution in [2.75, 3.05) is 18.5 Å². The van der Waals surface area contributed by atoms with Gasteiger partial charge in [-0.05, 0) is 0 Å². The summed E-state index contributed by atoms with van der Waals surface area (Å²) in [6.45, 7) is 0.968. The van der Waals surface area contributed by atoms with Gasteiger partial charge in [0.1, 0.15) is 13.2 Å². The lowest BCUT2D eigenvalue weighted by Crippen LogP contribution is -2.16. The highest BCUT2D eigenvalue weighted by atomic mass is 35.5. The molecule has 0 bridgehead atoms. The van der Waals surface area contributed by atoms with Gasteiger partial charge >= 0.3 is 0 Å². The van der Waals surface area contributed by atoms with Crippen molar-refractivity contribution in [3.05, 3.63) is 35.1 Å². The molecule has 3 rings (SSSR count). The number of nitrogens with zero attached hydrogens (tertiary/aromatic N) is 2. The van der Waals surface area contributed by atoms with Gasteiger partial charge in [0.05, 0.1) is 22.5 Å². The summed E-state index contributed by atoms with van der Waals surface area (Å²) in [6, 6.07) is 3.29. The van der Waals surface area contributed by atoms with Crippen LogP contribution in [0.3, 0.4) is 0 Å². The maximum atomic E-state index is 12.1. The normalized spacial score (nSPS) is 13.1. The summed E-state index contributed by atoms with van der Waals surface area (Å²) in [5.74, 6) is 0.874. The molecule has 2 aromatic rings. The summed E-state index contributed by atoms with van der Waals surface area (Å²) < 4.78 is 12.4. The Balaban J connectivity index is 1.85. The minimum atomic E-state index is -0.281. The fraction of sp³-hybridized carbons (Fsp3) is 0.231. The molecule has 1 amide bonds. The number of ether oxygens (including phenoxy) is 2. The van der Waals surface area contributed by atoms with Gasteiger partial charge in [-0.25, -0.2) is 0 Å². The number of aryl methyl sites for hydroxylation is 1. The Morgan fingerprint density at radius 2 is 2.05 bits per heavy atom. The number of nitrogens with one attached hydrogen (secondary N) is 1. The van der Waals surface area contributed by atoms with Gasteiger partial charge in [-0.1, -0.05) is 11.6 Å². The SMILES string of the molecule is Cn1cc(C(=O)Nc2cc3c(cc2Cl)OCCO3)cn1. The smallest absolute Gasteiger partial charge is 0.258 e. The van der Waals surface area contributed by atoms with Crippen LogP contribution < -0.4 is 14.8 Å². The molecule has 1 aliphatic heterocycles. The predicted molar refractivity (Wildman–Crippen MR) is 73.6 cm³/mol. The Morgan fingerprint density at radius 3 is 2.70 bits per heavy atom. The minimum absolute atomic E-state index is 0.281. The molecule has 0 aliphatic carbocycles. The van der Waals surface area contributed by atoms with Crippen molar-refractivity contribution in [3.8, 4) is 11.5 Å². The second-order valence-electron chi connectivity index (χ2n) is 4.33. The van der Waals surface area contributed by atoms with Gasteiger partial charge in [0.15, 0.2) is 11.5 Å². The third-order valence-electron chi connectivity index (χ3n) is 2.85. The lowest BCUT2D eigenvalue weighted by molar-refractivity contribution is 0.102. The second-order valence-corrected chi connectivity index (χ2v) is 4.74. The summed E-state index contributed by atoms with van der Waals surface area (Å²) in [6.07, 6.45) is 3.11. The molecule has 0 radical (unpaired) electrons. The molecule has 7 heteroatoms. The Bertz CT molecular complexity index is 669. The van der Waals surface area contributed by atoms with E-state index < -0.39 is 0 Å². The quantitative estimate of drug-likeness (QED) is 0.921. The number of carbonyl (C=O) groups excluding carboxylic acids is 1. The number of fused-ring (bicyclic) bond motifs is 1. The number of aromatic nitrogens is 2. The van der Waals surface area contributed by atoms with E-state index in [1.807, 2.05) is 0 Å². The fourth-order valence-electron chi connectivity index (χ4n) is 1.89. The summed E-state index contributed by atoms with van der Waals surface area (Å²) in [5.41, 5.74) is 0.934. The summed E-state index contributed by atoms with van der Waals surface area (Å²) >= 11 is 6.13. The van der Waals surface area contributed by atoms with Crippen LogP contribution in [0, 0.1) is 0 Å². The van der Waals surface area contributed by atoms with Crippen molar-refractivity contribution in [2.24, 2.45) is 7.05 Å². The third kappa shape index (κ3) is 2.42. The van der Waals surface area contributed by atoms with Gasteiger partial charge in [0.2, 0.25) is 0 Å². The molecule has 20 heavy (non-hydrogen) atoms. The zero-order chi connectivity index (χ0) is 14.1. The maximum absolute atomic E-state index is 12.1. The number of anilines is 1. The van der Waals surface area contributed by atoms with Crippen molar-refractivity contribution < 1.29 is 14.3 Å². The predicted octanol–water partition coefficient (Wildman–Crippen LogP) is 2.10. The van der Waals surface area contributed by atoms with Gasteiger partial charge < -0.3 is 14.8 Å². The van der Waals surface area contributed by atoms with Crippen molar-refractivity contribution in [1.29, 1.82) is 0 Å². The molecule has 1 aromatic carbocycles. The first-order valence-electron chi connectivity index (χ1n) is 6.02. The zero-order valence-corrected chi connectivity index (χ0v) is 11.5. The van der Waals surface area contributed by atoms with Crippen molar-refractivity contribution in [2.45, 2.75) is 0 Å². The van der Waals surface area contributed by atoms with Crippen LogP contribution in [0.4, 0.5) is 5.69 Å². The van der Waals surface area contributed by atoms with Crippen molar-refractivity contribution >= 4 is 23.2 Å². The zero-order valence-electron chi connectivity index (χ0n) is 10.7. The number of benzene rings is 1. The molecule has 1 N–H and O–H groups in total. The highest BCUT2D eigenvalue weighted by Gasteiger charge is 2.17. The molecule has 0 spiro atoms. The highest BCUT2D eigenvalue weighted by Crippen LogP contribution is 2.38. The van der Waals surface area contributed by atoms with E-state index in [0.717, 1.165) is 0 Å². The molecule has 1 aliphatic rings. The molecule has 2 heterocycles. The second kappa shape index (κ2) is 5.05.